The van der Waals surface area contributed by atoms with Crippen LogP contribution in [0.15, 0.2) is 42.5 Å². The first-order valence-electron chi connectivity index (χ1n) is 10.5. The molecule has 2 aromatic carbocycles. The number of carbonyl (C=O) groups excluding carboxylic acids is 2. The molecule has 0 aromatic heterocycles. The van der Waals surface area contributed by atoms with E-state index in [1.165, 1.54) is 0 Å². The summed E-state index contributed by atoms with van der Waals surface area (Å²) in [4.78, 5) is 27.1. The van der Waals surface area contributed by atoms with Gasteiger partial charge in [0.05, 0.1) is 21.3 Å². The number of carbonyl (C=O) groups is 2. The van der Waals surface area contributed by atoms with E-state index in [0.717, 1.165) is 5.56 Å². The zero-order valence-corrected chi connectivity index (χ0v) is 18.3. The third-order valence-corrected chi connectivity index (χ3v) is 5.63. The summed E-state index contributed by atoms with van der Waals surface area (Å²) in [6, 6.07) is 12.9. The molecule has 31 heavy (non-hydrogen) atoms. The van der Waals surface area contributed by atoms with Gasteiger partial charge in [0.1, 0.15) is 5.75 Å². The Morgan fingerprint density at radius 2 is 1.71 bits per heavy atom. The average molecular weight is 427 g/mol. The number of hydrogen-bond acceptors (Lipinski definition) is 5. The zero-order chi connectivity index (χ0) is 22.2. The van der Waals surface area contributed by atoms with Gasteiger partial charge in [0.25, 0.3) is 5.91 Å². The van der Waals surface area contributed by atoms with Gasteiger partial charge in [-0.25, -0.2) is 0 Å². The van der Waals surface area contributed by atoms with Gasteiger partial charge in [-0.05, 0) is 55.2 Å². The van der Waals surface area contributed by atoms with Gasteiger partial charge in [-0.1, -0.05) is 12.1 Å². The molecule has 1 aliphatic heterocycles. The lowest BCUT2D eigenvalue weighted by molar-refractivity contribution is -0.126. The Morgan fingerprint density at radius 3 is 2.39 bits per heavy atom. The van der Waals surface area contributed by atoms with Crippen LogP contribution in [0.2, 0.25) is 0 Å². The monoisotopic (exact) mass is 426 g/mol. The second-order valence-electron chi connectivity index (χ2n) is 7.53. The second kappa shape index (κ2) is 10.7. The summed E-state index contributed by atoms with van der Waals surface area (Å²) in [5.41, 5.74) is 1.67. The number of benzene rings is 2. The molecule has 2 amide bonds. The number of hydrogen-bond donors (Lipinski definition) is 1. The summed E-state index contributed by atoms with van der Waals surface area (Å²) in [6.07, 6.45) is 2.04. The van der Waals surface area contributed by atoms with Gasteiger partial charge < -0.3 is 24.4 Å². The largest absolute Gasteiger partial charge is 0.497 e. The van der Waals surface area contributed by atoms with E-state index < -0.39 is 0 Å². The minimum absolute atomic E-state index is 0.0220. The molecule has 166 valence electrons. The predicted molar refractivity (Wildman–Crippen MR) is 118 cm³/mol. The number of rotatable bonds is 8. The van der Waals surface area contributed by atoms with Crippen LogP contribution in [0.5, 0.6) is 17.2 Å². The standard InChI is InChI=1S/C24H30N2O5/c1-29-20-6-4-5-19(16-20)24(28)26-13-10-18(11-14-26)23(27)25-12-9-17-7-8-21(30-2)22(15-17)31-3/h4-8,15-16,18H,9-14H2,1-3H3,(H,25,27). The number of ether oxygens (including phenoxy) is 3. The number of amides is 2. The zero-order valence-electron chi connectivity index (χ0n) is 18.3. The summed E-state index contributed by atoms with van der Waals surface area (Å²) >= 11 is 0. The van der Waals surface area contributed by atoms with E-state index in [1.807, 2.05) is 35.2 Å². The van der Waals surface area contributed by atoms with Crippen LogP contribution in [0.25, 0.3) is 0 Å². The van der Waals surface area contributed by atoms with E-state index in [-0.39, 0.29) is 17.7 Å². The maximum Gasteiger partial charge on any atom is 0.253 e. The Bertz CT molecular complexity index is 907. The number of piperidine rings is 1. The SMILES string of the molecule is COc1cccc(C(=O)N2CCC(C(=O)NCCc3ccc(OC)c(OC)c3)CC2)c1. The molecule has 0 aliphatic carbocycles. The smallest absolute Gasteiger partial charge is 0.253 e. The minimum Gasteiger partial charge on any atom is -0.497 e. The topological polar surface area (TPSA) is 77.1 Å². The van der Waals surface area contributed by atoms with Gasteiger partial charge >= 0.3 is 0 Å². The van der Waals surface area contributed by atoms with E-state index in [4.69, 9.17) is 14.2 Å². The third kappa shape index (κ3) is 5.69. The Kier molecular flexibility index (Phi) is 7.76. The normalized spacial score (nSPS) is 14.1. The molecule has 0 bridgehead atoms. The summed E-state index contributed by atoms with van der Waals surface area (Å²) in [5.74, 6) is 1.99. The lowest BCUT2D eigenvalue weighted by Crippen LogP contribution is -2.43. The highest BCUT2D eigenvalue weighted by Crippen LogP contribution is 2.27. The van der Waals surface area contributed by atoms with E-state index in [9.17, 15) is 9.59 Å². The molecule has 0 radical (unpaired) electrons. The van der Waals surface area contributed by atoms with E-state index in [0.29, 0.717) is 61.7 Å². The lowest BCUT2D eigenvalue weighted by Gasteiger charge is -2.31. The van der Waals surface area contributed by atoms with Crippen molar-refractivity contribution in [3.8, 4) is 17.2 Å². The molecule has 0 atom stereocenters. The van der Waals surface area contributed by atoms with Crippen molar-refractivity contribution in [3.05, 3.63) is 53.6 Å². The van der Waals surface area contributed by atoms with E-state index >= 15 is 0 Å². The quantitative estimate of drug-likeness (QED) is 0.702. The Morgan fingerprint density at radius 1 is 0.968 bits per heavy atom. The van der Waals surface area contributed by atoms with Crippen LogP contribution in [0, 0.1) is 5.92 Å². The molecule has 1 N–H and O–H groups in total. The van der Waals surface area contributed by atoms with Crippen molar-refractivity contribution in [1.82, 2.24) is 10.2 Å². The van der Waals surface area contributed by atoms with Crippen molar-refractivity contribution in [1.29, 1.82) is 0 Å². The minimum atomic E-state index is -0.0697. The highest BCUT2D eigenvalue weighted by molar-refractivity contribution is 5.94. The third-order valence-electron chi connectivity index (χ3n) is 5.63. The molecule has 1 aliphatic rings. The highest BCUT2D eigenvalue weighted by Gasteiger charge is 2.27. The van der Waals surface area contributed by atoms with Crippen LogP contribution in [-0.4, -0.2) is 57.7 Å². The molecule has 1 fully saturated rings. The van der Waals surface area contributed by atoms with Gasteiger partial charge in [0.15, 0.2) is 11.5 Å². The van der Waals surface area contributed by atoms with Crippen molar-refractivity contribution in [2.45, 2.75) is 19.3 Å². The fourth-order valence-corrected chi connectivity index (χ4v) is 3.79. The lowest BCUT2D eigenvalue weighted by atomic mass is 9.95. The van der Waals surface area contributed by atoms with Gasteiger partial charge in [-0.15, -0.1) is 0 Å². The van der Waals surface area contributed by atoms with Crippen LogP contribution >= 0.6 is 0 Å². The second-order valence-corrected chi connectivity index (χ2v) is 7.53. The van der Waals surface area contributed by atoms with Gasteiger partial charge in [-0.2, -0.15) is 0 Å². The van der Waals surface area contributed by atoms with E-state index in [1.54, 1.807) is 33.5 Å². The number of methoxy groups -OCH3 is 3. The summed E-state index contributed by atoms with van der Waals surface area (Å²) in [6.45, 7) is 1.70. The first kappa shape index (κ1) is 22.5. The van der Waals surface area contributed by atoms with Gasteiger partial charge in [-0.3, -0.25) is 9.59 Å². The predicted octanol–water partition coefficient (Wildman–Crippen LogP) is 2.92. The highest BCUT2D eigenvalue weighted by atomic mass is 16.5. The molecular weight excluding hydrogens is 396 g/mol. The average Bonchev–Trinajstić information content (AvgIpc) is 2.83. The van der Waals surface area contributed by atoms with Crippen molar-refractivity contribution >= 4 is 11.8 Å². The molecular formula is C24H30N2O5. The van der Waals surface area contributed by atoms with Crippen LogP contribution in [-0.2, 0) is 11.2 Å². The molecule has 1 saturated heterocycles. The van der Waals surface area contributed by atoms with Crippen molar-refractivity contribution in [2.24, 2.45) is 5.92 Å². The van der Waals surface area contributed by atoms with Crippen molar-refractivity contribution in [3.63, 3.8) is 0 Å². The Labute approximate surface area is 183 Å². The van der Waals surface area contributed by atoms with E-state index in [2.05, 4.69) is 5.32 Å². The van der Waals surface area contributed by atoms with Crippen molar-refractivity contribution < 1.29 is 23.8 Å². The number of nitrogens with zero attached hydrogens (tertiary/aromatic N) is 1. The number of nitrogens with one attached hydrogen (secondary N) is 1. The molecule has 2 aromatic rings. The molecule has 0 saturated carbocycles. The summed E-state index contributed by atoms with van der Waals surface area (Å²) in [7, 11) is 4.79. The summed E-state index contributed by atoms with van der Waals surface area (Å²) < 4.78 is 15.8. The molecule has 7 nitrogen and oxygen atoms in total. The molecule has 0 spiro atoms. The number of likely N-dealkylation sites (tertiary alicyclic amines) is 1. The van der Waals surface area contributed by atoms with Crippen LogP contribution in [0.1, 0.15) is 28.8 Å². The van der Waals surface area contributed by atoms with Gasteiger partial charge in [0.2, 0.25) is 5.91 Å². The Hall–Kier alpha value is -3.22. The molecule has 1 heterocycles. The fraction of sp³-hybridized carbons (Fsp3) is 0.417. The fourth-order valence-electron chi connectivity index (χ4n) is 3.79. The van der Waals surface area contributed by atoms with Crippen molar-refractivity contribution in [2.75, 3.05) is 41.0 Å². The first-order chi connectivity index (χ1) is 15.0. The molecule has 7 heteroatoms. The first-order valence-corrected chi connectivity index (χ1v) is 10.5. The molecule has 0 unspecified atom stereocenters. The summed E-state index contributed by atoms with van der Waals surface area (Å²) in [5, 5.41) is 3.03. The Balaban J connectivity index is 1.45. The van der Waals surface area contributed by atoms with Crippen LogP contribution < -0.4 is 19.5 Å². The molecule has 3 rings (SSSR count). The maximum atomic E-state index is 12.7. The van der Waals surface area contributed by atoms with Gasteiger partial charge in [0, 0.05) is 31.1 Å². The van der Waals surface area contributed by atoms with Crippen LogP contribution in [0.3, 0.4) is 0 Å². The van der Waals surface area contributed by atoms with Crippen LogP contribution in [0.4, 0.5) is 0 Å². The maximum absolute atomic E-state index is 12.7.